The van der Waals surface area contributed by atoms with Crippen molar-refractivity contribution >= 4 is 40.2 Å². The average molecular weight is 259 g/mol. The zero-order chi connectivity index (χ0) is 10.7. The van der Waals surface area contributed by atoms with Gasteiger partial charge in [-0.15, -0.1) is 11.3 Å². The molecule has 0 amide bonds. The number of rotatable bonds is 3. The molecule has 78 valence electrons. The summed E-state index contributed by atoms with van der Waals surface area (Å²) in [7, 11) is 0. The first kappa shape index (κ1) is 10.7. The Hall–Kier alpha value is -0.770. The van der Waals surface area contributed by atoms with Gasteiger partial charge in [0.05, 0.1) is 4.34 Å². The summed E-state index contributed by atoms with van der Waals surface area (Å²) in [5.41, 5.74) is 0.958. The molecule has 0 unspecified atom stereocenters. The van der Waals surface area contributed by atoms with Gasteiger partial charge in [-0.2, -0.15) is 0 Å². The molecule has 0 saturated carbocycles. The summed E-state index contributed by atoms with van der Waals surface area (Å²) in [6.45, 7) is 0.748. The topological polar surface area (TPSA) is 24.9 Å². The molecule has 15 heavy (non-hydrogen) atoms. The van der Waals surface area contributed by atoms with E-state index in [9.17, 15) is 0 Å². The van der Waals surface area contributed by atoms with E-state index in [1.165, 1.54) is 4.88 Å². The molecule has 0 aliphatic rings. The van der Waals surface area contributed by atoms with Gasteiger partial charge in [-0.3, -0.25) is 0 Å². The van der Waals surface area contributed by atoms with Crippen molar-refractivity contribution in [1.82, 2.24) is 4.98 Å². The Morgan fingerprint density at radius 3 is 2.80 bits per heavy atom. The van der Waals surface area contributed by atoms with Gasteiger partial charge in [0.1, 0.15) is 5.15 Å². The van der Waals surface area contributed by atoms with Crippen molar-refractivity contribution in [3.63, 3.8) is 0 Å². The van der Waals surface area contributed by atoms with Gasteiger partial charge < -0.3 is 5.32 Å². The number of hydrogen-bond donors (Lipinski definition) is 1. The summed E-state index contributed by atoms with van der Waals surface area (Å²) in [6.07, 6.45) is 1.67. The quantitative estimate of drug-likeness (QED) is 0.840. The van der Waals surface area contributed by atoms with E-state index in [1.807, 2.05) is 18.2 Å². The first-order chi connectivity index (χ1) is 7.24. The fraction of sp³-hybridized carbons (Fsp3) is 0.100. The molecule has 0 aliphatic heterocycles. The lowest BCUT2D eigenvalue weighted by Gasteiger charge is -2.03. The number of thiophene rings is 1. The van der Waals surface area contributed by atoms with Crippen molar-refractivity contribution in [3.8, 4) is 0 Å². The fourth-order valence-corrected chi connectivity index (χ4v) is 2.35. The van der Waals surface area contributed by atoms with Crippen LogP contribution in [0.25, 0.3) is 0 Å². The molecule has 2 heterocycles. The van der Waals surface area contributed by atoms with E-state index in [4.69, 9.17) is 23.2 Å². The van der Waals surface area contributed by atoms with Gasteiger partial charge >= 0.3 is 0 Å². The Balaban J connectivity index is 1.99. The van der Waals surface area contributed by atoms with Crippen LogP contribution in [0.1, 0.15) is 4.88 Å². The highest BCUT2D eigenvalue weighted by Gasteiger charge is 1.98. The van der Waals surface area contributed by atoms with Gasteiger partial charge in [0.15, 0.2) is 0 Å². The largest absolute Gasteiger partial charge is 0.380 e. The minimum Gasteiger partial charge on any atom is -0.380 e. The van der Waals surface area contributed by atoms with Crippen LogP contribution in [0.15, 0.2) is 30.5 Å². The van der Waals surface area contributed by atoms with Gasteiger partial charge in [0.25, 0.3) is 0 Å². The number of hydrogen-bond acceptors (Lipinski definition) is 3. The van der Waals surface area contributed by atoms with Gasteiger partial charge in [-0.1, -0.05) is 23.2 Å². The van der Waals surface area contributed by atoms with Crippen LogP contribution in [0.2, 0.25) is 9.49 Å². The summed E-state index contributed by atoms with van der Waals surface area (Å²) in [5, 5.41) is 3.73. The van der Waals surface area contributed by atoms with Gasteiger partial charge in [0, 0.05) is 23.3 Å². The molecule has 0 spiro atoms. The van der Waals surface area contributed by atoms with Crippen molar-refractivity contribution in [2.24, 2.45) is 0 Å². The van der Waals surface area contributed by atoms with Gasteiger partial charge in [-0.05, 0) is 24.3 Å². The Morgan fingerprint density at radius 1 is 1.27 bits per heavy atom. The number of halogens is 2. The molecule has 1 N–H and O–H groups in total. The predicted molar refractivity (Wildman–Crippen MR) is 65.9 cm³/mol. The summed E-state index contributed by atoms with van der Waals surface area (Å²) in [5.74, 6) is 0. The highest BCUT2D eigenvalue weighted by Crippen LogP contribution is 2.22. The Kier molecular flexibility index (Phi) is 3.46. The molecular weight excluding hydrogens is 251 g/mol. The summed E-state index contributed by atoms with van der Waals surface area (Å²) in [6, 6.07) is 7.56. The van der Waals surface area contributed by atoms with E-state index in [1.54, 1.807) is 23.6 Å². The van der Waals surface area contributed by atoms with E-state index in [0.717, 1.165) is 16.6 Å². The molecule has 0 atom stereocenters. The highest BCUT2D eigenvalue weighted by atomic mass is 35.5. The number of nitrogens with one attached hydrogen (secondary N) is 1. The van der Waals surface area contributed by atoms with Crippen molar-refractivity contribution in [2.75, 3.05) is 5.32 Å². The highest BCUT2D eigenvalue weighted by molar-refractivity contribution is 7.16. The molecule has 0 fully saturated rings. The number of pyridine rings is 1. The molecule has 5 heteroatoms. The van der Waals surface area contributed by atoms with E-state index in [-0.39, 0.29) is 0 Å². The van der Waals surface area contributed by atoms with Crippen LogP contribution < -0.4 is 5.32 Å². The van der Waals surface area contributed by atoms with Crippen LogP contribution in [0.3, 0.4) is 0 Å². The van der Waals surface area contributed by atoms with Crippen LogP contribution in [-0.4, -0.2) is 4.98 Å². The third-order valence-corrected chi connectivity index (χ3v) is 3.26. The summed E-state index contributed by atoms with van der Waals surface area (Å²) < 4.78 is 0.805. The lowest BCUT2D eigenvalue weighted by Crippen LogP contribution is -1.97. The maximum absolute atomic E-state index is 5.83. The predicted octanol–water partition coefficient (Wildman–Crippen LogP) is 4.06. The lowest BCUT2D eigenvalue weighted by atomic mass is 10.4. The Bertz CT molecular complexity index is 456. The molecule has 0 aromatic carbocycles. The second kappa shape index (κ2) is 4.84. The van der Waals surface area contributed by atoms with Gasteiger partial charge in [-0.25, -0.2) is 4.98 Å². The van der Waals surface area contributed by atoms with Crippen molar-refractivity contribution in [1.29, 1.82) is 0 Å². The first-order valence-electron chi connectivity index (χ1n) is 4.34. The molecule has 0 radical (unpaired) electrons. The Morgan fingerprint density at radius 2 is 2.13 bits per heavy atom. The maximum atomic E-state index is 5.83. The monoisotopic (exact) mass is 258 g/mol. The van der Waals surface area contributed by atoms with E-state index in [0.29, 0.717) is 5.15 Å². The third-order valence-electron chi connectivity index (χ3n) is 1.82. The standard InChI is InChI=1S/C10H8Cl2N2S/c11-9-5-7(3-4-13-9)14-6-8-1-2-10(12)15-8/h1-5H,6H2,(H,13,14). The lowest BCUT2D eigenvalue weighted by molar-refractivity contribution is 1.18. The van der Waals surface area contributed by atoms with E-state index >= 15 is 0 Å². The molecule has 2 nitrogen and oxygen atoms in total. The number of aromatic nitrogens is 1. The minimum atomic E-state index is 0.490. The molecule has 0 bridgehead atoms. The molecule has 2 aromatic heterocycles. The smallest absolute Gasteiger partial charge is 0.131 e. The zero-order valence-electron chi connectivity index (χ0n) is 7.71. The molecular formula is C10H8Cl2N2S. The van der Waals surface area contributed by atoms with E-state index < -0.39 is 0 Å². The van der Waals surface area contributed by atoms with Crippen molar-refractivity contribution < 1.29 is 0 Å². The third kappa shape index (κ3) is 3.09. The number of nitrogens with zero attached hydrogens (tertiary/aromatic N) is 1. The molecule has 2 aromatic rings. The number of anilines is 1. The minimum absolute atomic E-state index is 0.490. The zero-order valence-corrected chi connectivity index (χ0v) is 10.0. The SMILES string of the molecule is Clc1cc(NCc2ccc(Cl)s2)ccn1. The van der Waals surface area contributed by atoms with Crippen LogP contribution in [-0.2, 0) is 6.54 Å². The Labute approximate surface area is 102 Å². The van der Waals surface area contributed by atoms with Gasteiger partial charge in [0.2, 0.25) is 0 Å². The van der Waals surface area contributed by atoms with Crippen LogP contribution in [0.5, 0.6) is 0 Å². The van der Waals surface area contributed by atoms with Crippen LogP contribution in [0, 0.1) is 0 Å². The van der Waals surface area contributed by atoms with Crippen LogP contribution >= 0.6 is 34.5 Å². The molecule has 0 saturated heterocycles. The van der Waals surface area contributed by atoms with Crippen molar-refractivity contribution in [3.05, 3.63) is 44.8 Å². The van der Waals surface area contributed by atoms with Crippen LogP contribution in [0.4, 0.5) is 5.69 Å². The second-order valence-electron chi connectivity index (χ2n) is 2.93. The average Bonchev–Trinajstić information content (AvgIpc) is 2.62. The summed E-state index contributed by atoms with van der Waals surface area (Å²) >= 11 is 13.2. The first-order valence-corrected chi connectivity index (χ1v) is 5.91. The summed E-state index contributed by atoms with van der Waals surface area (Å²) in [4.78, 5) is 5.09. The fourth-order valence-electron chi connectivity index (χ4n) is 1.15. The molecule has 2 rings (SSSR count). The normalized spacial score (nSPS) is 10.3. The molecule has 0 aliphatic carbocycles. The van der Waals surface area contributed by atoms with E-state index in [2.05, 4.69) is 10.3 Å². The second-order valence-corrected chi connectivity index (χ2v) is 5.11. The van der Waals surface area contributed by atoms with Crippen molar-refractivity contribution in [2.45, 2.75) is 6.54 Å². The maximum Gasteiger partial charge on any atom is 0.131 e.